The first kappa shape index (κ1) is 13.5. The second-order valence-corrected chi connectivity index (χ2v) is 4.55. The second-order valence-electron chi connectivity index (χ2n) is 4.55. The van der Waals surface area contributed by atoms with Gasteiger partial charge >= 0.3 is 5.97 Å². The Hall–Kier alpha value is -1.98. The summed E-state index contributed by atoms with van der Waals surface area (Å²) in [5, 5.41) is 8.94. The molecule has 1 amide bonds. The van der Waals surface area contributed by atoms with Crippen LogP contribution in [0.4, 0.5) is 8.78 Å². The second kappa shape index (κ2) is 5.34. The van der Waals surface area contributed by atoms with E-state index in [-0.39, 0.29) is 12.1 Å². The Balaban J connectivity index is 2.19. The van der Waals surface area contributed by atoms with E-state index in [0.717, 1.165) is 18.2 Å². The lowest BCUT2D eigenvalue weighted by Gasteiger charge is -2.30. The Bertz CT molecular complexity index is 519. The molecule has 1 heterocycles. The first-order chi connectivity index (χ1) is 8.99. The van der Waals surface area contributed by atoms with E-state index in [9.17, 15) is 18.4 Å². The van der Waals surface area contributed by atoms with E-state index in [1.807, 2.05) is 0 Å². The Labute approximate surface area is 108 Å². The lowest BCUT2D eigenvalue weighted by Crippen LogP contribution is -2.42. The number of hydrogen-bond donors (Lipinski definition) is 1. The Morgan fingerprint density at radius 1 is 1.32 bits per heavy atom. The van der Waals surface area contributed by atoms with Gasteiger partial charge in [0.2, 0.25) is 0 Å². The smallest absolute Gasteiger partial charge is 0.308 e. The monoisotopic (exact) mass is 269 g/mol. The van der Waals surface area contributed by atoms with E-state index >= 15 is 0 Å². The van der Waals surface area contributed by atoms with Gasteiger partial charge in [0.1, 0.15) is 11.6 Å². The molecular weight excluding hydrogens is 256 g/mol. The maximum absolute atomic E-state index is 13.5. The van der Waals surface area contributed by atoms with E-state index in [4.69, 9.17) is 5.11 Å². The van der Waals surface area contributed by atoms with E-state index in [2.05, 4.69) is 0 Å². The number of carboxylic acid groups (broad SMARTS) is 1. The van der Waals surface area contributed by atoms with Crippen molar-refractivity contribution in [2.45, 2.75) is 12.8 Å². The third-order valence-corrected chi connectivity index (χ3v) is 3.22. The third kappa shape index (κ3) is 2.89. The minimum Gasteiger partial charge on any atom is -0.481 e. The predicted molar refractivity (Wildman–Crippen MR) is 62.6 cm³/mol. The largest absolute Gasteiger partial charge is 0.481 e. The quantitative estimate of drug-likeness (QED) is 0.892. The highest BCUT2D eigenvalue weighted by Gasteiger charge is 2.29. The van der Waals surface area contributed by atoms with Crippen molar-refractivity contribution in [3.05, 3.63) is 35.4 Å². The molecule has 19 heavy (non-hydrogen) atoms. The summed E-state index contributed by atoms with van der Waals surface area (Å²) in [7, 11) is 0. The Morgan fingerprint density at radius 2 is 2.05 bits per heavy atom. The van der Waals surface area contributed by atoms with Crippen LogP contribution < -0.4 is 0 Å². The zero-order chi connectivity index (χ0) is 14.0. The van der Waals surface area contributed by atoms with Gasteiger partial charge in [0.25, 0.3) is 5.91 Å². The number of nitrogens with zero attached hydrogens (tertiary/aromatic N) is 1. The molecule has 1 aromatic carbocycles. The number of likely N-dealkylation sites (tertiary alicyclic amines) is 1. The lowest BCUT2D eigenvalue weighted by molar-refractivity contribution is -0.143. The minimum atomic E-state index is -0.975. The molecule has 2 rings (SSSR count). The molecule has 1 unspecified atom stereocenters. The number of aliphatic carboxylic acids is 1. The number of hydrogen-bond acceptors (Lipinski definition) is 2. The van der Waals surface area contributed by atoms with Gasteiger partial charge in [0.05, 0.1) is 11.5 Å². The maximum Gasteiger partial charge on any atom is 0.308 e. The number of piperidine rings is 1. The van der Waals surface area contributed by atoms with E-state index in [0.29, 0.717) is 19.4 Å². The number of carboxylic acids is 1. The van der Waals surface area contributed by atoms with Crippen LogP contribution in [0.3, 0.4) is 0 Å². The highest BCUT2D eigenvalue weighted by atomic mass is 19.1. The van der Waals surface area contributed by atoms with E-state index in [1.165, 1.54) is 4.90 Å². The SMILES string of the molecule is O=C(O)C1CCCN(C(=O)c2cc(F)ccc2F)C1. The molecule has 0 radical (unpaired) electrons. The van der Waals surface area contributed by atoms with Crippen LogP contribution in [0, 0.1) is 17.6 Å². The average Bonchev–Trinajstić information content (AvgIpc) is 2.41. The number of rotatable bonds is 2. The van der Waals surface area contributed by atoms with Gasteiger partial charge in [-0.15, -0.1) is 0 Å². The molecule has 1 fully saturated rings. The molecule has 1 aliphatic rings. The molecule has 0 saturated carbocycles. The Morgan fingerprint density at radius 3 is 2.74 bits per heavy atom. The van der Waals surface area contributed by atoms with E-state index in [1.54, 1.807) is 0 Å². The summed E-state index contributed by atoms with van der Waals surface area (Å²) in [4.78, 5) is 24.2. The number of carbonyl (C=O) groups is 2. The summed E-state index contributed by atoms with van der Waals surface area (Å²) in [6.45, 7) is 0.392. The topological polar surface area (TPSA) is 57.6 Å². The number of benzene rings is 1. The summed E-state index contributed by atoms with van der Waals surface area (Å²) >= 11 is 0. The first-order valence-electron chi connectivity index (χ1n) is 5.96. The molecule has 1 aliphatic heterocycles. The van der Waals surface area contributed by atoms with Crippen LogP contribution in [0.15, 0.2) is 18.2 Å². The van der Waals surface area contributed by atoms with Crippen molar-refractivity contribution in [2.24, 2.45) is 5.92 Å². The standard InChI is InChI=1S/C13H13F2NO3/c14-9-3-4-11(15)10(6-9)12(17)16-5-1-2-8(7-16)13(18)19/h3-4,6,8H,1-2,5,7H2,(H,18,19). The van der Waals surface area contributed by atoms with Crippen molar-refractivity contribution in [2.75, 3.05) is 13.1 Å². The van der Waals surface area contributed by atoms with Gasteiger partial charge < -0.3 is 10.0 Å². The molecule has 102 valence electrons. The molecule has 0 aliphatic carbocycles. The highest BCUT2D eigenvalue weighted by Crippen LogP contribution is 2.20. The fraction of sp³-hybridized carbons (Fsp3) is 0.385. The molecule has 6 heteroatoms. The van der Waals surface area contributed by atoms with Crippen LogP contribution in [0.25, 0.3) is 0 Å². The molecule has 0 aromatic heterocycles. The van der Waals surface area contributed by atoms with Gasteiger partial charge in [0.15, 0.2) is 0 Å². The van der Waals surface area contributed by atoms with Crippen LogP contribution >= 0.6 is 0 Å². The number of amides is 1. The summed E-state index contributed by atoms with van der Waals surface area (Å²) in [6.07, 6.45) is 1.03. The number of halogens is 2. The van der Waals surface area contributed by atoms with Crippen molar-refractivity contribution in [3.8, 4) is 0 Å². The zero-order valence-electron chi connectivity index (χ0n) is 10.1. The normalized spacial score (nSPS) is 19.3. The summed E-state index contributed by atoms with van der Waals surface area (Å²) in [6, 6.07) is 2.66. The van der Waals surface area contributed by atoms with Crippen LogP contribution in [-0.2, 0) is 4.79 Å². The zero-order valence-corrected chi connectivity index (χ0v) is 10.1. The van der Waals surface area contributed by atoms with Gasteiger partial charge in [-0.3, -0.25) is 9.59 Å². The highest BCUT2D eigenvalue weighted by molar-refractivity contribution is 5.94. The fourth-order valence-corrected chi connectivity index (χ4v) is 2.19. The molecule has 1 atom stereocenters. The van der Waals surface area contributed by atoms with Crippen LogP contribution in [0.1, 0.15) is 23.2 Å². The van der Waals surface area contributed by atoms with Crippen molar-refractivity contribution in [1.82, 2.24) is 4.90 Å². The molecule has 1 N–H and O–H groups in total. The van der Waals surface area contributed by atoms with Gasteiger partial charge in [0, 0.05) is 13.1 Å². The van der Waals surface area contributed by atoms with Crippen LogP contribution in [0.2, 0.25) is 0 Å². The van der Waals surface area contributed by atoms with Crippen molar-refractivity contribution in [1.29, 1.82) is 0 Å². The number of carbonyl (C=O) groups excluding carboxylic acids is 1. The molecule has 1 saturated heterocycles. The van der Waals surface area contributed by atoms with Crippen molar-refractivity contribution < 1.29 is 23.5 Å². The maximum atomic E-state index is 13.5. The third-order valence-electron chi connectivity index (χ3n) is 3.22. The lowest BCUT2D eigenvalue weighted by atomic mass is 9.97. The van der Waals surface area contributed by atoms with Crippen LogP contribution in [-0.4, -0.2) is 35.0 Å². The minimum absolute atomic E-state index is 0.0319. The Kier molecular flexibility index (Phi) is 3.78. The first-order valence-corrected chi connectivity index (χ1v) is 5.96. The molecule has 0 bridgehead atoms. The average molecular weight is 269 g/mol. The van der Waals surface area contributed by atoms with Gasteiger partial charge in [-0.25, -0.2) is 8.78 Å². The summed E-state index contributed by atoms with van der Waals surface area (Å²) < 4.78 is 26.5. The summed E-state index contributed by atoms with van der Waals surface area (Å²) in [5.41, 5.74) is -0.356. The molecule has 4 nitrogen and oxygen atoms in total. The fourth-order valence-electron chi connectivity index (χ4n) is 2.19. The molecule has 1 aromatic rings. The van der Waals surface area contributed by atoms with Crippen molar-refractivity contribution >= 4 is 11.9 Å². The van der Waals surface area contributed by atoms with Crippen LogP contribution in [0.5, 0.6) is 0 Å². The predicted octanol–water partition coefficient (Wildman–Crippen LogP) is 1.90. The summed E-state index contributed by atoms with van der Waals surface area (Å²) in [5.74, 6) is -3.78. The van der Waals surface area contributed by atoms with Gasteiger partial charge in [-0.1, -0.05) is 0 Å². The van der Waals surface area contributed by atoms with E-state index < -0.39 is 29.4 Å². The van der Waals surface area contributed by atoms with Crippen molar-refractivity contribution in [3.63, 3.8) is 0 Å². The van der Waals surface area contributed by atoms with Gasteiger partial charge in [-0.05, 0) is 31.0 Å². The molecular formula is C13H13F2NO3. The van der Waals surface area contributed by atoms with Gasteiger partial charge in [-0.2, -0.15) is 0 Å². The molecule has 0 spiro atoms.